The van der Waals surface area contributed by atoms with E-state index in [1.807, 2.05) is 19.1 Å². The van der Waals surface area contributed by atoms with Gasteiger partial charge in [0.15, 0.2) is 0 Å². The van der Waals surface area contributed by atoms with Crippen LogP contribution in [-0.2, 0) is 0 Å². The van der Waals surface area contributed by atoms with Crippen molar-refractivity contribution in [1.82, 2.24) is 4.98 Å². The number of aromatic nitrogens is 1. The quantitative estimate of drug-likeness (QED) is 0.834. The molecule has 0 atom stereocenters. The molecule has 2 rings (SSSR count). The number of rotatable bonds is 2. The summed E-state index contributed by atoms with van der Waals surface area (Å²) in [6.07, 6.45) is 1.59. The molecule has 3 nitrogen and oxygen atoms in total. The van der Waals surface area contributed by atoms with Gasteiger partial charge in [-0.3, -0.25) is 0 Å². The number of nitrogens with zero attached hydrogens (tertiary/aromatic N) is 1. The molecular formula is C13H14FN3. The van der Waals surface area contributed by atoms with Crippen molar-refractivity contribution in [1.29, 1.82) is 0 Å². The number of hydrogen-bond donors (Lipinski definition) is 2. The summed E-state index contributed by atoms with van der Waals surface area (Å²) in [6, 6.07) is 6.81. The Labute approximate surface area is 99.5 Å². The maximum Gasteiger partial charge on any atom is 0.130 e. The van der Waals surface area contributed by atoms with E-state index < -0.39 is 0 Å². The van der Waals surface area contributed by atoms with Gasteiger partial charge >= 0.3 is 0 Å². The summed E-state index contributed by atoms with van der Waals surface area (Å²) in [5, 5.41) is 3.03. The largest absolute Gasteiger partial charge is 0.397 e. The standard InChI is InChI=1S/C13H14FN3/c1-8-3-4-10(6-11(8)14)17-13-5-9(2)12(15)7-16-13/h3-7H,15H2,1-2H3,(H,16,17). The normalized spacial score (nSPS) is 10.3. The smallest absolute Gasteiger partial charge is 0.130 e. The van der Waals surface area contributed by atoms with Crippen molar-refractivity contribution >= 4 is 17.2 Å². The van der Waals surface area contributed by atoms with Crippen LogP contribution in [0.3, 0.4) is 0 Å². The molecular weight excluding hydrogens is 217 g/mol. The molecule has 0 fully saturated rings. The second-order valence-electron chi connectivity index (χ2n) is 4.02. The first-order chi connectivity index (χ1) is 8.06. The van der Waals surface area contributed by atoms with Crippen LogP contribution in [0, 0.1) is 19.7 Å². The van der Waals surface area contributed by atoms with Crippen LogP contribution in [0.1, 0.15) is 11.1 Å². The number of nitrogen functional groups attached to an aromatic ring is 1. The van der Waals surface area contributed by atoms with Crippen LogP contribution in [0.4, 0.5) is 21.6 Å². The van der Waals surface area contributed by atoms with Crippen molar-refractivity contribution in [2.45, 2.75) is 13.8 Å². The first-order valence-corrected chi connectivity index (χ1v) is 5.31. The Morgan fingerprint density at radius 2 is 1.94 bits per heavy atom. The Hall–Kier alpha value is -2.10. The summed E-state index contributed by atoms with van der Waals surface area (Å²) in [7, 11) is 0. The second-order valence-corrected chi connectivity index (χ2v) is 4.02. The van der Waals surface area contributed by atoms with Gasteiger partial charge in [-0.05, 0) is 43.2 Å². The predicted octanol–water partition coefficient (Wildman–Crippen LogP) is 3.16. The Bertz CT molecular complexity index is 503. The minimum Gasteiger partial charge on any atom is -0.397 e. The molecule has 1 aromatic heterocycles. The molecule has 0 saturated heterocycles. The van der Waals surface area contributed by atoms with E-state index in [4.69, 9.17) is 5.73 Å². The van der Waals surface area contributed by atoms with Gasteiger partial charge in [-0.1, -0.05) is 6.07 Å². The van der Waals surface area contributed by atoms with Gasteiger partial charge in [-0.15, -0.1) is 0 Å². The Morgan fingerprint density at radius 1 is 1.18 bits per heavy atom. The van der Waals surface area contributed by atoms with Crippen LogP contribution in [0.15, 0.2) is 30.5 Å². The zero-order valence-electron chi connectivity index (χ0n) is 9.79. The predicted molar refractivity (Wildman–Crippen MR) is 67.8 cm³/mol. The average Bonchev–Trinajstić information content (AvgIpc) is 2.29. The number of pyridine rings is 1. The third-order valence-electron chi connectivity index (χ3n) is 2.60. The number of nitrogens with two attached hydrogens (primary N) is 1. The van der Waals surface area contributed by atoms with E-state index in [1.165, 1.54) is 6.07 Å². The molecule has 0 unspecified atom stereocenters. The third-order valence-corrected chi connectivity index (χ3v) is 2.60. The number of hydrogen-bond acceptors (Lipinski definition) is 3. The maximum atomic E-state index is 13.3. The van der Waals surface area contributed by atoms with Crippen molar-refractivity contribution in [3.63, 3.8) is 0 Å². The molecule has 4 heteroatoms. The molecule has 88 valence electrons. The van der Waals surface area contributed by atoms with E-state index in [1.54, 1.807) is 19.2 Å². The van der Waals surface area contributed by atoms with Crippen LogP contribution in [0.2, 0.25) is 0 Å². The lowest BCUT2D eigenvalue weighted by Gasteiger charge is -2.08. The molecule has 0 bridgehead atoms. The molecule has 0 spiro atoms. The van der Waals surface area contributed by atoms with Crippen LogP contribution in [0.5, 0.6) is 0 Å². The SMILES string of the molecule is Cc1cc(Nc2ccc(C)c(F)c2)ncc1N. The van der Waals surface area contributed by atoms with Gasteiger partial charge in [0.25, 0.3) is 0 Å². The molecule has 1 heterocycles. The summed E-state index contributed by atoms with van der Waals surface area (Å²) >= 11 is 0. The van der Waals surface area contributed by atoms with Crippen LogP contribution in [-0.4, -0.2) is 4.98 Å². The molecule has 0 aliphatic rings. The van der Waals surface area contributed by atoms with E-state index in [-0.39, 0.29) is 5.82 Å². The lowest BCUT2D eigenvalue weighted by Crippen LogP contribution is -1.97. The van der Waals surface area contributed by atoms with Gasteiger partial charge in [-0.25, -0.2) is 9.37 Å². The fourth-order valence-corrected chi connectivity index (χ4v) is 1.45. The fourth-order valence-electron chi connectivity index (χ4n) is 1.45. The van der Waals surface area contributed by atoms with Crippen LogP contribution in [0.25, 0.3) is 0 Å². The van der Waals surface area contributed by atoms with Gasteiger partial charge in [0.1, 0.15) is 11.6 Å². The Morgan fingerprint density at radius 3 is 2.59 bits per heavy atom. The minimum absolute atomic E-state index is 0.234. The summed E-state index contributed by atoms with van der Waals surface area (Å²) in [5.41, 5.74) is 8.55. The summed E-state index contributed by atoms with van der Waals surface area (Å²) in [6.45, 7) is 3.63. The zero-order chi connectivity index (χ0) is 12.4. The van der Waals surface area contributed by atoms with Gasteiger partial charge in [0.05, 0.1) is 11.9 Å². The van der Waals surface area contributed by atoms with Crippen molar-refractivity contribution in [3.05, 3.63) is 47.4 Å². The number of aryl methyl sites for hydroxylation is 2. The number of nitrogens with one attached hydrogen (secondary N) is 1. The Kier molecular flexibility index (Phi) is 2.95. The van der Waals surface area contributed by atoms with E-state index in [0.29, 0.717) is 22.8 Å². The summed E-state index contributed by atoms with van der Waals surface area (Å²) in [4.78, 5) is 4.13. The van der Waals surface area contributed by atoms with Crippen molar-refractivity contribution in [2.75, 3.05) is 11.1 Å². The molecule has 0 radical (unpaired) electrons. The van der Waals surface area contributed by atoms with Crippen molar-refractivity contribution < 1.29 is 4.39 Å². The second kappa shape index (κ2) is 4.41. The lowest BCUT2D eigenvalue weighted by molar-refractivity contribution is 0.619. The summed E-state index contributed by atoms with van der Waals surface area (Å²) in [5.74, 6) is 0.419. The minimum atomic E-state index is -0.234. The fraction of sp³-hybridized carbons (Fsp3) is 0.154. The summed E-state index contributed by atoms with van der Waals surface area (Å²) < 4.78 is 13.3. The first kappa shape index (κ1) is 11.4. The van der Waals surface area contributed by atoms with E-state index in [2.05, 4.69) is 10.3 Å². The molecule has 2 aromatic rings. The number of anilines is 3. The highest BCUT2D eigenvalue weighted by Crippen LogP contribution is 2.20. The van der Waals surface area contributed by atoms with E-state index in [9.17, 15) is 4.39 Å². The van der Waals surface area contributed by atoms with Crippen LogP contribution >= 0.6 is 0 Å². The van der Waals surface area contributed by atoms with Gasteiger partial charge < -0.3 is 11.1 Å². The Balaban J connectivity index is 2.25. The maximum absolute atomic E-state index is 13.3. The molecule has 0 aliphatic heterocycles. The zero-order valence-corrected chi connectivity index (χ0v) is 9.79. The van der Waals surface area contributed by atoms with Gasteiger partial charge in [0, 0.05) is 5.69 Å². The molecule has 3 N–H and O–H groups in total. The number of benzene rings is 1. The third kappa shape index (κ3) is 2.53. The molecule has 0 saturated carbocycles. The van der Waals surface area contributed by atoms with Gasteiger partial charge in [0.2, 0.25) is 0 Å². The van der Waals surface area contributed by atoms with Crippen LogP contribution < -0.4 is 11.1 Å². The van der Waals surface area contributed by atoms with Crippen molar-refractivity contribution in [3.8, 4) is 0 Å². The molecule has 17 heavy (non-hydrogen) atoms. The highest BCUT2D eigenvalue weighted by Gasteiger charge is 2.02. The number of halogens is 1. The highest BCUT2D eigenvalue weighted by atomic mass is 19.1. The van der Waals surface area contributed by atoms with E-state index >= 15 is 0 Å². The highest BCUT2D eigenvalue weighted by molar-refractivity contribution is 5.60. The molecule has 0 aliphatic carbocycles. The molecule has 1 aromatic carbocycles. The topological polar surface area (TPSA) is 50.9 Å². The lowest BCUT2D eigenvalue weighted by atomic mass is 10.2. The van der Waals surface area contributed by atoms with Gasteiger partial charge in [-0.2, -0.15) is 0 Å². The van der Waals surface area contributed by atoms with E-state index in [0.717, 1.165) is 5.56 Å². The van der Waals surface area contributed by atoms with Crippen molar-refractivity contribution in [2.24, 2.45) is 0 Å². The first-order valence-electron chi connectivity index (χ1n) is 5.31. The average molecular weight is 231 g/mol. The molecule has 0 amide bonds. The monoisotopic (exact) mass is 231 g/mol.